The number of aryl methyl sites for hydroxylation is 1. The first-order chi connectivity index (χ1) is 12.9. The van der Waals surface area contributed by atoms with E-state index >= 15 is 0 Å². The number of hydrogen-bond acceptors (Lipinski definition) is 4. The summed E-state index contributed by atoms with van der Waals surface area (Å²) in [6.45, 7) is 8.22. The van der Waals surface area contributed by atoms with E-state index in [1.807, 2.05) is 0 Å². The minimum absolute atomic E-state index is 0.242. The molecule has 0 aromatic heterocycles. The van der Waals surface area contributed by atoms with Crippen LogP contribution in [0.15, 0.2) is 29.3 Å². The largest absolute Gasteiger partial charge is 0.357 e. The van der Waals surface area contributed by atoms with Gasteiger partial charge < -0.3 is 15.5 Å². The molecule has 0 saturated carbocycles. The van der Waals surface area contributed by atoms with Gasteiger partial charge in [0, 0.05) is 38.5 Å². The van der Waals surface area contributed by atoms with Crippen molar-refractivity contribution in [1.29, 1.82) is 0 Å². The highest BCUT2D eigenvalue weighted by Gasteiger charge is 2.20. The van der Waals surface area contributed by atoms with Crippen LogP contribution < -0.4 is 10.6 Å². The van der Waals surface area contributed by atoms with Gasteiger partial charge >= 0.3 is 0 Å². The van der Waals surface area contributed by atoms with Crippen molar-refractivity contribution in [2.45, 2.75) is 45.7 Å². The number of likely N-dealkylation sites (tertiary alicyclic amines) is 1. The van der Waals surface area contributed by atoms with Gasteiger partial charge in [-0.15, -0.1) is 0 Å². The van der Waals surface area contributed by atoms with Crippen molar-refractivity contribution in [3.05, 3.63) is 35.4 Å². The number of piperidine rings is 1. The quantitative estimate of drug-likeness (QED) is 0.520. The van der Waals surface area contributed by atoms with E-state index in [2.05, 4.69) is 53.6 Å². The Morgan fingerprint density at radius 3 is 2.44 bits per heavy atom. The normalized spacial score (nSPS) is 17.1. The maximum atomic E-state index is 11.3. The number of nitrogens with one attached hydrogen (secondary N) is 2. The maximum absolute atomic E-state index is 11.3. The van der Waals surface area contributed by atoms with Gasteiger partial charge in [0.05, 0.1) is 12.3 Å². The van der Waals surface area contributed by atoms with Crippen LogP contribution >= 0.6 is 0 Å². The van der Waals surface area contributed by atoms with Crippen molar-refractivity contribution >= 4 is 15.8 Å². The molecule has 0 atom stereocenters. The van der Waals surface area contributed by atoms with E-state index in [1.165, 1.54) is 17.4 Å². The van der Waals surface area contributed by atoms with Crippen LogP contribution in [0, 0.1) is 0 Å². The Labute approximate surface area is 164 Å². The number of guanidine groups is 1. The number of nitrogens with zero attached hydrogens (tertiary/aromatic N) is 2. The highest BCUT2D eigenvalue weighted by molar-refractivity contribution is 7.90. The number of benzene rings is 1. The zero-order valence-corrected chi connectivity index (χ0v) is 17.7. The summed E-state index contributed by atoms with van der Waals surface area (Å²) in [5, 5.41) is 6.89. The van der Waals surface area contributed by atoms with E-state index in [9.17, 15) is 8.42 Å². The van der Waals surface area contributed by atoms with Gasteiger partial charge in [-0.05, 0) is 37.3 Å². The van der Waals surface area contributed by atoms with Crippen molar-refractivity contribution < 1.29 is 8.42 Å². The fourth-order valence-electron chi connectivity index (χ4n) is 3.33. The highest BCUT2D eigenvalue weighted by atomic mass is 32.2. The third-order valence-corrected chi connectivity index (χ3v) is 5.88. The van der Waals surface area contributed by atoms with Gasteiger partial charge in [-0.2, -0.15) is 0 Å². The van der Waals surface area contributed by atoms with Gasteiger partial charge in [0.15, 0.2) is 5.96 Å². The van der Waals surface area contributed by atoms with Crippen molar-refractivity contribution in [2.75, 3.05) is 38.2 Å². The summed E-state index contributed by atoms with van der Waals surface area (Å²) in [7, 11) is -2.89. The number of hydrogen-bond donors (Lipinski definition) is 2. The summed E-state index contributed by atoms with van der Waals surface area (Å²) in [6, 6.07) is 8.83. The van der Waals surface area contributed by atoms with Gasteiger partial charge in [-0.25, -0.2) is 13.4 Å². The molecule has 1 saturated heterocycles. The number of rotatable bonds is 8. The van der Waals surface area contributed by atoms with Gasteiger partial charge in [0.2, 0.25) is 0 Å². The van der Waals surface area contributed by atoms with Crippen LogP contribution in [0.4, 0.5) is 0 Å². The molecular formula is C20H34N4O2S. The minimum Gasteiger partial charge on any atom is -0.357 e. The molecule has 1 aromatic rings. The molecule has 7 heteroatoms. The molecule has 2 rings (SSSR count). The maximum Gasteiger partial charge on any atom is 0.191 e. The molecule has 0 radical (unpaired) electrons. The first kappa shape index (κ1) is 21.7. The van der Waals surface area contributed by atoms with Crippen LogP contribution in [0.1, 0.15) is 37.8 Å². The molecule has 1 aliphatic rings. The molecule has 152 valence electrons. The Balaban J connectivity index is 1.87. The van der Waals surface area contributed by atoms with Crippen molar-refractivity contribution in [2.24, 2.45) is 4.99 Å². The lowest BCUT2D eigenvalue weighted by molar-refractivity contribution is 0.216. The molecule has 0 unspecified atom stereocenters. The highest BCUT2D eigenvalue weighted by Crippen LogP contribution is 2.12. The molecule has 2 N–H and O–H groups in total. The topological polar surface area (TPSA) is 73.8 Å². The van der Waals surface area contributed by atoms with E-state index < -0.39 is 9.84 Å². The molecule has 0 aliphatic carbocycles. The molecule has 0 spiro atoms. The Morgan fingerprint density at radius 2 is 1.85 bits per heavy atom. The molecule has 1 aliphatic heterocycles. The molecule has 1 heterocycles. The smallest absolute Gasteiger partial charge is 0.191 e. The van der Waals surface area contributed by atoms with Gasteiger partial charge in [0.1, 0.15) is 9.84 Å². The molecule has 0 amide bonds. The number of sulfone groups is 1. The summed E-state index contributed by atoms with van der Waals surface area (Å²) in [5.74, 6) is 1.10. The van der Waals surface area contributed by atoms with Gasteiger partial charge in [0.25, 0.3) is 0 Å². The first-order valence-electron chi connectivity index (χ1n) is 9.93. The van der Waals surface area contributed by atoms with Crippen LogP contribution in [-0.2, 0) is 22.8 Å². The zero-order chi connectivity index (χ0) is 19.7. The molecular weight excluding hydrogens is 360 g/mol. The average Bonchev–Trinajstić information content (AvgIpc) is 2.65. The van der Waals surface area contributed by atoms with Crippen LogP contribution in [0.25, 0.3) is 0 Å². The molecule has 6 nitrogen and oxygen atoms in total. The predicted molar refractivity (Wildman–Crippen MR) is 113 cm³/mol. The van der Waals surface area contributed by atoms with E-state index in [0.29, 0.717) is 19.1 Å². The Hall–Kier alpha value is -1.60. The van der Waals surface area contributed by atoms with Crippen molar-refractivity contribution in [3.63, 3.8) is 0 Å². The summed E-state index contributed by atoms with van der Waals surface area (Å²) >= 11 is 0. The fraction of sp³-hybridized carbons (Fsp3) is 0.650. The Bertz CT molecular complexity index is 710. The minimum atomic E-state index is -2.89. The predicted octanol–water partition coefficient (Wildman–Crippen LogP) is 1.81. The lowest BCUT2D eigenvalue weighted by Crippen LogP contribution is -2.49. The second-order valence-corrected chi connectivity index (χ2v) is 9.47. The van der Waals surface area contributed by atoms with Crippen LogP contribution in [-0.4, -0.2) is 63.5 Å². The number of aliphatic imine (C=N–C) groups is 1. The summed E-state index contributed by atoms with van der Waals surface area (Å²) in [5.41, 5.74) is 2.61. The third-order valence-electron chi connectivity index (χ3n) is 4.96. The molecule has 1 fully saturated rings. The Morgan fingerprint density at radius 1 is 1.19 bits per heavy atom. The van der Waals surface area contributed by atoms with Gasteiger partial charge in [-0.1, -0.05) is 31.2 Å². The molecule has 27 heavy (non-hydrogen) atoms. The van der Waals surface area contributed by atoms with Crippen LogP contribution in [0.5, 0.6) is 0 Å². The van der Waals surface area contributed by atoms with E-state index in [1.54, 1.807) is 0 Å². The van der Waals surface area contributed by atoms with Crippen molar-refractivity contribution in [3.8, 4) is 0 Å². The standard InChI is InChI=1S/C20H34N4O2S/c1-4-17-8-6-7-9-18(17)16-22-20(21-5-2)23-19-10-12-24(13-11-19)14-15-27(3,25)26/h6-9,19H,4-5,10-16H2,1-3H3,(H2,21,22,23). The lowest BCUT2D eigenvalue weighted by Gasteiger charge is -2.32. The summed E-state index contributed by atoms with van der Waals surface area (Å²) in [6.07, 6.45) is 4.32. The van der Waals surface area contributed by atoms with Crippen LogP contribution in [0.2, 0.25) is 0 Å². The molecule has 1 aromatic carbocycles. The molecule has 0 bridgehead atoms. The van der Waals surface area contributed by atoms with Crippen molar-refractivity contribution in [1.82, 2.24) is 15.5 Å². The summed E-state index contributed by atoms with van der Waals surface area (Å²) in [4.78, 5) is 7.01. The van der Waals surface area contributed by atoms with Gasteiger partial charge in [-0.3, -0.25) is 0 Å². The van der Waals surface area contributed by atoms with E-state index in [0.717, 1.165) is 44.9 Å². The average molecular weight is 395 g/mol. The Kier molecular flexibility index (Phi) is 8.57. The van der Waals surface area contributed by atoms with E-state index in [4.69, 9.17) is 4.99 Å². The first-order valence-corrected chi connectivity index (χ1v) is 12.0. The SMILES string of the molecule is CCNC(=NCc1ccccc1CC)NC1CCN(CCS(C)(=O)=O)CC1. The lowest BCUT2D eigenvalue weighted by atomic mass is 10.1. The fourth-order valence-corrected chi connectivity index (χ4v) is 3.92. The summed E-state index contributed by atoms with van der Waals surface area (Å²) < 4.78 is 22.7. The monoisotopic (exact) mass is 394 g/mol. The third kappa shape index (κ3) is 7.89. The van der Waals surface area contributed by atoms with Crippen LogP contribution in [0.3, 0.4) is 0 Å². The zero-order valence-electron chi connectivity index (χ0n) is 16.9. The second kappa shape index (κ2) is 10.7. The second-order valence-electron chi connectivity index (χ2n) is 7.21. The van der Waals surface area contributed by atoms with E-state index in [-0.39, 0.29) is 5.75 Å².